The number of amides is 1. The first-order valence-electron chi connectivity index (χ1n) is 8.68. The average Bonchev–Trinajstić information content (AvgIpc) is 3.19. The van der Waals surface area contributed by atoms with Crippen molar-refractivity contribution in [2.45, 2.75) is 39.5 Å². The second kappa shape index (κ2) is 9.87. The normalized spacial score (nSPS) is 10.4. The van der Waals surface area contributed by atoms with Crippen molar-refractivity contribution in [2.75, 3.05) is 11.9 Å². The van der Waals surface area contributed by atoms with E-state index < -0.39 is 5.97 Å². The molecule has 1 aromatic carbocycles. The Balaban J connectivity index is 1.81. The van der Waals surface area contributed by atoms with Crippen LogP contribution in [0, 0.1) is 0 Å². The van der Waals surface area contributed by atoms with E-state index in [2.05, 4.69) is 5.32 Å². The SMILES string of the molecule is CCc1cccc(CC)c1NC(=O)COC(=O)CCC(=O)c1cccs1. The summed E-state index contributed by atoms with van der Waals surface area (Å²) in [5.74, 6) is -1.02. The van der Waals surface area contributed by atoms with Crippen molar-refractivity contribution in [1.29, 1.82) is 0 Å². The second-order valence-electron chi connectivity index (χ2n) is 5.77. The monoisotopic (exact) mass is 373 g/mol. The Labute approximate surface area is 157 Å². The Hall–Kier alpha value is -2.47. The van der Waals surface area contributed by atoms with Crippen LogP contribution in [0.15, 0.2) is 35.7 Å². The summed E-state index contributed by atoms with van der Waals surface area (Å²) >= 11 is 1.34. The Morgan fingerprint density at radius 3 is 2.27 bits per heavy atom. The van der Waals surface area contributed by atoms with Crippen molar-refractivity contribution in [3.8, 4) is 0 Å². The minimum atomic E-state index is -0.551. The molecule has 1 heterocycles. The van der Waals surface area contributed by atoms with Gasteiger partial charge in [0.1, 0.15) is 0 Å². The van der Waals surface area contributed by atoms with Crippen LogP contribution in [0.1, 0.15) is 47.5 Å². The molecule has 138 valence electrons. The van der Waals surface area contributed by atoms with Gasteiger partial charge in [0.15, 0.2) is 12.4 Å². The van der Waals surface area contributed by atoms with E-state index in [0.29, 0.717) is 4.88 Å². The Bertz CT molecular complexity index is 746. The van der Waals surface area contributed by atoms with E-state index >= 15 is 0 Å². The Morgan fingerprint density at radius 2 is 1.69 bits per heavy atom. The predicted molar refractivity (Wildman–Crippen MR) is 103 cm³/mol. The second-order valence-corrected chi connectivity index (χ2v) is 6.72. The summed E-state index contributed by atoms with van der Waals surface area (Å²) in [5.41, 5.74) is 2.89. The molecule has 26 heavy (non-hydrogen) atoms. The molecule has 0 radical (unpaired) electrons. The molecule has 2 rings (SSSR count). The van der Waals surface area contributed by atoms with Crippen LogP contribution in [0.3, 0.4) is 0 Å². The van der Waals surface area contributed by atoms with E-state index in [4.69, 9.17) is 4.74 Å². The Morgan fingerprint density at radius 1 is 1.00 bits per heavy atom. The molecule has 0 aliphatic carbocycles. The number of carbonyl (C=O) groups is 3. The molecular formula is C20H23NO4S. The molecule has 0 unspecified atom stereocenters. The number of anilines is 1. The van der Waals surface area contributed by atoms with Crippen molar-refractivity contribution < 1.29 is 19.1 Å². The molecule has 0 fully saturated rings. The molecule has 1 N–H and O–H groups in total. The first kappa shape index (κ1) is 19.8. The highest BCUT2D eigenvalue weighted by molar-refractivity contribution is 7.12. The summed E-state index contributed by atoms with van der Waals surface area (Å²) in [6, 6.07) is 9.42. The zero-order chi connectivity index (χ0) is 18.9. The molecule has 1 aromatic heterocycles. The van der Waals surface area contributed by atoms with Crippen LogP contribution in [0.4, 0.5) is 5.69 Å². The van der Waals surface area contributed by atoms with Crippen molar-refractivity contribution >= 4 is 34.7 Å². The van der Waals surface area contributed by atoms with Gasteiger partial charge in [-0.2, -0.15) is 0 Å². The fourth-order valence-corrected chi connectivity index (χ4v) is 3.27. The minimum absolute atomic E-state index is 0.0320. The number of thiophene rings is 1. The standard InChI is InChI=1S/C20H23NO4S/c1-3-14-7-5-8-15(4-2)20(14)21-18(23)13-25-19(24)11-10-16(22)17-9-6-12-26-17/h5-9,12H,3-4,10-11,13H2,1-2H3,(H,21,23). The lowest BCUT2D eigenvalue weighted by Crippen LogP contribution is -2.22. The van der Waals surface area contributed by atoms with E-state index in [1.165, 1.54) is 11.3 Å². The first-order chi connectivity index (χ1) is 12.5. The first-order valence-corrected chi connectivity index (χ1v) is 9.56. The fraction of sp³-hybridized carbons (Fsp3) is 0.350. The van der Waals surface area contributed by atoms with Crippen LogP contribution in [-0.2, 0) is 27.2 Å². The number of ether oxygens (including phenoxy) is 1. The summed E-state index contributed by atoms with van der Waals surface area (Å²) in [7, 11) is 0. The molecule has 1 amide bonds. The van der Waals surface area contributed by atoms with Gasteiger partial charge in [-0.25, -0.2) is 0 Å². The zero-order valence-electron chi connectivity index (χ0n) is 15.0. The number of ketones is 1. The van der Waals surface area contributed by atoms with Gasteiger partial charge in [0.2, 0.25) is 0 Å². The van der Waals surface area contributed by atoms with E-state index in [-0.39, 0.29) is 31.1 Å². The summed E-state index contributed by atoms with van der Waals surface area (Å²) in [6.45, 7) is 3.69. The highest BCUT2D eigenvalue weighted by Gasteiger charge is 2.14. The zero-order valence-corrected chi connectivity index (χ0v) is 15.9. The number of esters is 1. The maximum atomic E-state index is 12.1. The summed E-state index contributed by atoms with van der Waals surface area (Å²) < 4.78 is 4.99. The maximum Gasteiger partial charge on any atom is 0.306 e. The van der Waals surface area contributed by atoms with E-state index in [1.807, 2.05) is 37.4 Å². The lowest BCUT2D eigenvalue weighted by molar-refractivity contribution is -0.147. The fourth-order valence-electron chi connectivity index (χ4n) is 2.57. The van der Waals surface area contributed by atoms with Crippen molar-refractivity contribution in [3.63, 3.8) is 0 Å². The molecular weight excluding hydrogens is 350 g/mol. The number of carbonyl (C=O) groups excluding carboxylic acids is 3. The lowest BCUT2D eigenvalue weighted by atomic mass is 10.0. The molecule has 5 nitrogen and oxygen atoms in total. The molecule has 0 saturated heterocycles. The minimum Gasteiger partial charge on any atom is -0.456 e. The number of Topliss-reactive ketones (excluding diaryl/α,β-unsaturated/α-hetero) is 1. The molecule has 0 atom stereocenters. The van der Waals surface area contributed by atoms with Crippen molar-refractivity contribution in [3.05, 3.63) is 51.7 Å². The summed E-state index contributed by atoms with van der Waals surface area (Å²) in [4.78, 5) is 36.4. The maximum absolute atomic E-state index is 12.1. The Kier molecular flexibility index (Phi) is 7.53. The smallest absolute Gasteiger partial charge is 0.306 e. The lowest BCUT2D eigenvalue weighted by Gasteiger charge is -2.14. The topological polar surface area (TPSA) is 72.5 Å². The third-order valence-corrected chi connectivity index (χ3v) is 4.89. The molecule has 2 aromatic rings. The van der Waals surface area contributed by atoms with Gasteiger partial charge in [-0.15, -0.1) is 11.3 Å². The van der Waals surface area contributed by atoms with E-state index in [9.17, 15) is 14.4 Å². The van der Waals surface area contributed by atoms with Gasteiger partial charge in [0.05, 0.1) is 11.3 Å². The molecule has 6 heteroatoms. The van der Waals surface area contributed by atoms with Crippen molar-refractivity contribution in [2.24, 2.45) is 0 Å². The number of para-hydroxylation sites is 1. The van der Waals surface area contributed by atoms with Gasteiger partial charge in [-0.1, -0.05) is 38.1 Å². The average molecular weight is 373 g/mol. The van der Waals surface area contributed by atoms with Gasteiger partial charge in [-0.05, 0) is 35.4 Å². The number of nitrogens with one attached hydrogen (secondary N) is 1. The quantitative estimate of drug-likeness (QED) is 0.532. The third kappa shape index (κ3) is 5.52. The van der Waals surface area contributed by atoms with Gasteiger partial charge in [0, 0.05) is 12.1 Å². The van der Waals surface area contributed by atoms with Gasteiger partial charge >= 0.3 is 5.97 Å². The highest BCUT2D eigenvalue weighted by Crippen LogP contribution is 2.22. The molecule has 0 aliphatic rings. The van der Waals surface area contributed by atoms with Gasteiger partial charge in [-0.3, -0.25) is 14.4 Å². The molecule has 0 spiro atoms. The van der Waals surface area contributed by atoms with Crippen LogP contribution in [0.25, 0.3) is 0 Å². The van der Waals surface area contributed by atoms with Crippen LogP contribution in [0.2, 0.25) is 0 Å². The summed E-state index contributed by atoms with van der Waals surface area (Å²) in [6.07, 6.45) is 1.65. The number of aryl methyl sites for hydroxylation is 2. The molecule has 0 bridgehead atoms. The van der Waals surface area contributed by atoms with Crippen molar-refractivity contribution in [1.82, 2.24) is 0 Å². The van der Waals surface area contributed by atoms with Crippen LogP contribution >= 0.6 is 11.3 Å². The van der Waals surface area contributed by atoms with E-state index in [1.54, 1.807) is 12.1 Å². The number of rotatable bonds is 9. The summed E-state index contributed by atoms with van der Waals surface area (Å²) in [5, 5.41) is 4.66. The molecule has 0 saturated carbocycles. The van der Waals surface area contributed by atoms with Gasteiger partial charge in [0.25, 0.3) is 5.91 Å². The number of benzene rings is 1. The van der Waals surface area contributed by atoms with Crippen LogP contribution in [-0.4, -0.2) is 24.3 Å². The van der Waals surface area contributed by atoms with E-state index in [0.717, 1.165) is 29.7 Å². The van der Waals surface area contributed by atoms with Gasteiger partial charge < -0.3 is 10.1 Å². The highest BCUT2D eigenvalue weighted by atomic mass is 32.1. The van der Waals surface area contributed by atoms with Crippen LogP contribution < -0.4 is 5.32 Å². The third-order valence-electron chi connectivity index (χ3n) is 3.98. The largest absolute Gasteiger partial charge is 0.456 e. The predicted octanol–water partition coefficient (Wildman–Crippen LogP) is 4.02. The number of hydrogen-bond donors (Lipinski definition) is 1. The van der Waals surface area contributed by atoms with Crippen LogP contribution in [0.5, 0.6) is 0 Å². The molecule has 0 aliphatic heterocycles. The number of hydrogen-bond acceptors (Lipinski definition) is 5.